The molecule has 0 aromatic heterocycles. The summed E-state index contributed by atoms with van der Waals surface area (Å²) < 4.78 is 8.86. The van der Waals surface area contributed by atoms with Crippen LogP contribution >= 0.6 is 0 Å². The molecule has 1 nitrogen and oxygen atoms in total. The molecular formula is C51H41N. The smallest absolute Gasteiger partial charge is 0.0726 e. The number of hydrogen-bond acceptors (Lipinski definition) is 1. The molecule has 11 rings (SSSR count). The maximum absolute atomic E-state index is 8.86. The fraction of sp³-hybridized carbons (Fsp3) is 0.176. The minimum Gasteiger partial charge on any atom is -0.310 e. The van der Waals surface area contributed by atoms with Gasteiger partial charge in [-0.15, -0.1) is 0 Å². The zero-order valence-electron chi connectivity index (χ0n) is 31.2. The molecule has 0 aliphatic heterocycles. The number of benzene rings is 7. The Balaban J connectivity index is 1.17. The van der Waals surface area contributed by atoms with Crippen LogP contribution in [-0.4, -0.2) is 0 Å². The van der Waals surface area contributed by atoms with Crippen molar-refractivity contribution >= 4 is 17.1 Å². The van der Waals surface area contributed by atoms with Crippen LogP contribution < -0.4 is 4.90 Å². The number of hydrogen-bond donors (Lipinski definition) is 0. The van der Waals surface area contributed by atoms with E-state index in [2.05, 4.69) is 178 Å². The Morgan fingerprint density at radius 1 is 0.462 bits per heavy atom. The Morgan fingerprint density at radius 3 is 1.60 bits per heavy atom. The molecule has 1 spiro atoms. The van der Waals surface area contributed by atoms with Crippen LogP contribution in [0.4, 0.5) is 17.1 Å². The third-order valence-electron chi connectivity index (χ3n) is 12.6. The van der Waals surface area contributed by atoms with E-state index in [1.165, 1.54) is 77.9 Å². The van der Waals surface area contributed by atoms with E-state index in [1.54, 1.807) is 0 Å². The highest BCUT2D eigenvalue weighted by Crippen LogP contribution is 2.64. The zero-order chi connectivity index (χ0) is 35.9. The molecular weight excluding hydrogens is 627 g/mol. The van der Waals surface area contributed by atoms with Crippen LogP contribution in [0.2, 0.25) is 0 Å². The number of aryl methyl sites for hydroxylation is 2. The van der Waals surface area contributed by atoms with Crippen molar-refractivity contribution in [1.82, 2.24) is 0 Å². The van der Waals surface area contributed by atoms with Crippen molar-refractivity contribution in [2.24, 2.45) is 0 Å². The van der Waals surface area contributed by atoms with E-state index in [1.807, 2.05) is 0 Å². The molecule has 0 radical (unpaired) electrons. The van der Waals surface area contributed by atoms with E-state index < -0.39 is 11.3 Å². The first-order valence-corrected chi connectivity index (χ1v) is 18.8. The highest BCUT2D eigenvalue weighted by Gasteiger charge is 2.52. The minimum absolute atomic E-state index is 0.0606. The Kier molecular flexibility index (Phi) is 5.82. The molecule has 0 atom stereocenters. The molecule has 4 aliphatic rings. The summed E-state index contributed by atoms with van der Waals surface area (Å²) in [7, 11) is 0. The summed E-state index contributed by atoms with van der Waals surface area (Å²) in [6, 6.07) is 55.2. The van der Waals surface area contributed by atoms with E-state index in [4.69, 9.17) is 1.37 Å². The molecule has 1 heteroatoms. The van der Waals surface area contributed by atoms with Gasteiger partial charge in [-0.05, 0) is 141 Å². The van der Waals surface area contributed by atoms with Crippen molar-refractivity contribution in [2.45, 2.75) is 57.3 Å². The second kappa shape index (κ2) is 10.5. The molecule has 0 amide bonds. The second-order valence-corrected chi connectivity index (χ2v) is 16.0. The van der Waals surface area contributed by atoms with Crippen LogP contribution in [0.3, 0.4) is 0 Å². The Morgan fingerprint density at radius 2 is 0.942 bits per heavy atom. The quantitative estimate of drug-likeness (QED) is 0.180. The monoisotopic (exact) mass is 668 g/mol. The van der Waals surface area contributed by atoms with Gasteiger partial charge >= 0.3 is 0 Å². The van der Waals surface area contributed by atoms with Gasteiger partial charge in [-0.1, -0.05) is 134 Å². The van der Waals surface area contributed by atoms with Crippen molar-refractivity contribution in [1.29, 1.82) is 0 Å². The fourth-order valence-electron chi connectivity index (χ4n) is 10.0. The molecule has 4 aliphatic carbocycles. The normalized spacial score (nSPS) is 17.0. The van der Waals surface area contributed by atoms with Crippen molar-refractivity contribution in [2.75, 3.05) is 4.90 Å². The summed E-state index contributed by atoms with van der Waals surface area (Å²) in [6.45, 7) is 9.14. The largest absolute Gasteiger partial charge is 0.310 e. The summed E-state index contributed by atoms with van der Waals surface area (Å²) >= 11 is 0. The first-order chi connectivity index (χ1) is 25.7. The lowest BCUT2D eigenvalue weighted by atomic mass is 9.70. The van der Waals surface area contributed by atoms with E-state index in [-0.39, 0.29) is 5.41 Å². The fourth-order valence-corrected chi connectivity index (χ4v) is 10.0. The summed E-state index contributed by atoms with van der Waals surface area (Å²) in [5, 5.41) is 0. The van der Waals surface area contributed by atoms with Gasteiger partial charge in [0, 0.05) is 23.8 Å². The topological polar surface area (TPSA) is 3.24 Å². The predicted molar refractivity (Wildman–Crippen MR) is 216 cm³/mol. The minimum atomic E-state index is -0.433. The summed E-state index contributed by atoms with van der Waals surface area (Å²) in [4.78, 5) is 2.45. The molecule has 0 unspecified atom stereocenters. The van der Waals surface area contributed by atoms with Crippen LogP contribution in [0, 0.1) is 13.8 Å². The van der Waals surface area contributed by atoms with Gasteiger partial charge in [0.1, 0.15) is 0 Å². The Labute approximate surface area is 308 Å². The maximum atomic E-state index is 8.86. The van der Waals surface area contributed by atoms with E-state index in [0.29, 0.717) is 0 Å². The van der Waals surface area contributed by atoms with Gasteiger partial charge in [0.15, 0.2) is 0 Å². The van der Waals surface area contributed by atoms with Crippen LogP contribution in [0.25, 0.3) is 33.4 Å². The van der Waals surface area contributed by atoms with Gasteiger partial charge in [0.05, 0.1) is 5.41 Å². The third kappa shape index (κ3) is 3.94. The van der Waals surface area contributed by atoms with Gasteiger partial charge in [0.25, 0.3) is 0 Å². The maximum Gasteiger partial charge on any atom is 0.0726 e. The molecule has 0 bridgehead atoms. The van der Waals surface area contributed by atoms with Crippen molar-refractivity contribution < 1.29 is 1.37 Å². The Bertz CT molecular complexity index is 2640. The van der Waals surface area contributed by atoms with Crippen LogP contribution in [0.15, 0.2) is 146 Å². The van der Waals surface area contributed by atoms with Gasteiger partial charge in [0.2, 0.25) is 0 Å². The lowest BCUT2D eigenvalue weighted by molar-refractivity contribution is 0.660. The van der Waals surface area contributed by atoms with E-state index >= 15 is 0 Å². The van der Waals surface area contributed by atoms with Crippen LogP contribution in [-0.2, 0) is 10.8 Å². The van der Waals surface area contributed by atoms with Gasteiger partial charge < -0.3 is 4.90 Å². The van der Waals surface area contributed by atoms with Gasteiger partial charge in [-0.3, -0.25) is 0 Å². The number of fused-ring (bicyclic) bond motifs is 13. The predicted octanol–water partition coefficient (Wildman–Crippen LogP) is 13.3. The SMILES string of the molecule is [2H]C1(c2ccc(N(c3ccc4c(c3)-c3ccccc3C4(C)C)c3ccc4c(c3)C3(c5ccccc5-4)c4cc(C)ccc4-c4ccc(C)cc43)cc2)CC1. The van der Waals surface area contributed by atoms with Crippen LogP contribution in [0.1, 0.15) is 84.0 Å². The molecule has 0 N–H and O–H groups in total. The molecule has 1 fully saturated rings. The summed E-state index contributed by atoms with van der Waals surface area (Å²) in [5.74, 6) is -0.433. The Hall–Kier alpha value is -5.66. The standard InChI is InChI=1S/C51H41N/c1-31-13-23-40-41-24-14-32(2)28-48(41)51(47(40)27-31)46-12-8-6-9-38(46)42-25-21-37(30-49(42)51)52(35-19-17-34(18-20-35)33-15-16-33)36-22-26-45-43(29-36)39-10-5-7-11-44(39)50(45,3)4/h5-14,17-30,33H,15-16H2,1-4H3/i33D. The molecule has 250 valence electrons. The first kappa shape index (κ1) is 29.0. The van der Waals surface area contributed by atoms with Gasteiger partial charge in [-0.25, -0.2) is 0 Å². The highest BCUT2D eigenvalue weighted by atomic mass is 15.1. The summed E-state index contributed by atoms with van der Waals surface area (Å²) in [5.41, 5.74) is 22.7. The third-order valence-corrected chi connectivity index (χ3v) is 12.6. The molecule has 7 aromatic rings. The van der Waals surface area contributed by atoms with Crippen molar-refractivity contribution in [3.8, 4) is 33.4 Å². The average Bonchev–Trinajstić information content (AvgIpc) is 3.70. The van der Waals surface area contributed by atoms with Gasteiger partial charge in [-0.2, -0.15) is 0 Å². The first-order valence-electron chi connectivity index (χ1n) is 19.3. The zero-order valence-corrected chi connectivity index (χ0v) is 30.2. The summed E-state index contributed by atoms with van der Waals surface area (Å²) in [6.07, 6.45) is 1.87. The van der Waals surface area contributed by atoms with Crippen LogP contribution in [0.5, 0.6) is 0 Å². The molecule has 0 saturated heterocycles. The molecule has 0 heterocycles. The average molecular weight is 669 g/mol. The second-order valence-electron chi connectivity index (χ2n) is 16.0. The highest BCUT2D eigenvalue weighted by molar-refractivity contribution is 5.97. The van der Waals surface area contributed by atoms with Crippen molar-refractivity contribution in [3.63, 3.8) is 0 Å². The lowest BCUT2D eigenvalue weighted by Gasteiger charge is -2.32. The lowest BCUT2D eigenvalue weighted by Crippen LogP contribution is -2.26. The molecule has 52 heavy (non-hydrogen) atoms. The van der Waals surface area contributed by atoms with Crippen molar-refractivity contribution in [3.05, 3.63) is 196 Å². The molecule has 1 saturated carbocycles. The van der Waals surface area contributed by atoms with E-state index in [0.717, 1.165) is 35.5 Å². The van der Waals surface area contributed by atoms with E-state index in [9.17, 15) is 0 Å². The molecule has 7 aromatic carbocycles. The number of nitrogens with zero attached hydrogens (tertiary/aromatic N) is 1. The number of anilines is 3. The number of rotatable bonds is 4.